The van der Waals surface area contributed by atoms with Crippen molar-refractivity contribution >= 4 is 17.3 Å². The van der Waals surface area contributed by atoms with E-state index in [0.29, 0.717) is 24.1 Å². The van der Waals surface area contributed by atoms with Crippen LogP contribution in [0.4, 0.5) is 11.4 Å². The Bertz CT molecular complexity index is 489. The molecule has 1 unspecified atom stereocenters. The molecule has 0 spiro atoms. The van der Waals surface area contributed by atoms with Crippen LogP contribution in [-0.4, -0.2) is 23.4 Å². The van der Waals surface area contributed by atoms with Gasteiger partial charge in [-0.05, 0) is 26.0 Å². The number of carbonyl (C=O) groups excluding carboxylic acids is 1. The molecule has 0 bridgehead atoms. The minimum atomic E-state index is -0.421. The first-order valence-electron chi connectivity index (χ1n) is 6.78. The number of aryl methyl sites for hydroxylation is 1. The number of carbonyl (C=O) groups is 1. The van der Waals surface area contributed by atoms with Crippen molar-refractivity contribution in [3.8, 4) is 0 Å². The van der Waals surface area contributed by atoms with Crippen molar-refractivity contribution in [3.05, 3.63) is 33.9 Å². The lowest BCUT2D eigenvalue weighted by Gasteiger charge is -2.12. The molecule has 1 rings (SSSR count). The fourth-order valence-electron chi connectivity index (χ4n) is 2.02. The van der Waals surface area contributed by atoms with Crippen LogP contribution in [0.3, 0.4) is 0 Å². The van der Waals surface area contributed by atoms with Gasteiger partial charge in [0.2, 0.25) is 5.91 Å². The van der Waals surface area contributed by atoms with Gasteiger partial charge in [-0.2, -0.15) is 0 Å². The van der Waals surface area contributed by atoms with Crippen LogP contribution in [-0.2, 0) is 11.2 Å². The van der Waals surface area contributed by atoms with Gasteiger partial charge in [-0.25, -0.2) is 0 Å². The van der Waals surface area contributed by atoms with E-state index in [1.807, 2.05) is 20.8 Å². The summed E-state index contributed by atoms with van der Waals surface area (Å²) < 4.78 is 0. The average Bonchev–Trinajstić information content (AvgIpc) is 2.38. The summed E-state index contributed by atoms with van der Waals surface area (Å²) in [6.07, 6.45) is 0.916. The second-order valence-corrected chi connectivity index (χ2v) is 4.67. The quantitative estimate of drug-likeness (QED) is 0.593. The summed E-state index contributed by atoms with van der Waals surface area (Å²) in [6, 6.07) is 4.86. The monoisotopic (exact) mass is 279 g/mol. The summed E-state index contributed by atoms with van der Waals surface area (Å²) >= 11 is 0. The number of rotatable bonds is 7. The lowest BCUT2D eigenvalue weighted by atomic mass is 10.1. The molecule has 1 aromatic carbocycles. The van der Waals surface area contributed by atoms with Gasteiger partial charge in [0.1, 0.15) is 0 Å². The summed E-state index contributed by atoms with van der Waals surface area (Å²) in [7, 11) is 0. The van der Waals surface area contributed by atoms with Crippen LogP contribution in [0.1, 0.15) is 32.8 Å². The molecule has 0 heterocycles. The Hall–Kier alpha value is -1.95. The second-order valence-electron chi connectivity index (χ2n) is 4.67. The van der Waals surface area contributed by atoms with Crippen molar-refractivity contribution in [1.82, 2.24) is 5.32 Å². The van der Waals surface area contributed by atoms with E-state index in [0.717, 1.165) is 6.54 Å². The van der Waals surface area contributed by atoms with Crippen molar-refractivity contribution in [3.63, 3.8) is 0 Å². The summed E-state index contributed by atoms with van der Waals surface area (Å²) in [4.78, 5) is 22.4. The summed E-state index contributed by atoms with van der Waals surface area (Å²) in [5, 5.41) is 16.8. The van der Waals surface area contributed by atoms with Crippen molar-refractivity contribution < 1.29 is 9.72 Å². The van der Waals surface area contributed by atoms with Crippen LogP contribution in [0.15, 0.2) is 18.2 Å². The van der Waals surface area contributed by atoms with Gasteiger partial charge in [-0.1, -0.05) is 19.9 Å². The number of nitrogens with zero attached hydrogens (tertiary/aromatic N) is 1. The first-order chi connectivity index (χ1) is 9.47. The predicted molar refractivity (Wildman–Crippen MR) is 78.9 cm³/mol. The molecule has 0 aromatic heterocycles. The molecule has 0 aliphatic carbocycles. The van der Waals surface area contributed by atoms with Crippen molar-refractivity contribution in [1.29, 1.82) is 0 Å². The molecular formula is C14H21N3O3. The SMILES string of the molecule is CCNC(C)CC(=O)Nc1ccc(CC)c([N+](=O)[O-])c1. The topological polar surface area (TPSA) is 84.3 Å². The van der Waals surface area contributed by atoms with Crippen molar-refractivity contribution in [2.45, 2.75) is 39.7 Å². The summed E-state index contributed by atoms with van der Waals surface area (Å²) in [5.41, 5.74) is 1.17. The third kappa shape index (κ3) is 4.62. The zero-order valence-corrected chi connectivity index (χ0v) is 12.1. The predicted octanol–water partition coefficient (Wildman–Crippen LogP) is 2.48. The van der Waals surface area contributed by atoms with E-state index in [1.165, 1.54) is 6.07 Å². The smallest absolute Gasteiger partial charge is 0.274 e. The van der Waals surface area contributed by atoms with E-state index in [1.54, 1.807) is 12.1 Å². The number of nitro groups is 1. The maximum atomic E-state index is 11.8. The number of hydrogen-bond donors (Lipinski definition) is 2. The van der Waals surface area contributed by atoms with Gasteiger partial charge in [0.05, 0.1) is 4.92 Å². The molecular weight excluding hydrogens is 258 g/mol. The fraction of sp³-hybridized carbons (Fsp3) is 0.500. The molecule has 20 heavy (non-hydrogen) atoms. The molecule has 0 saturated carbocycles. The van der Waals surface area contributed by atoms with Crippen LogP contribution >= 0.6 is 0 Å². The second kappa shape index (κ2) is 7.59. The molecule has 6 nitrogen and oxygen atoms in total. The number of hydrogen-bond acceptors (Lipinski definition) is 4. The summed E-state index contributed by atoms with van der Waals surface area (Å²) in [5.74, 6) is -0.156. The number of anilines is 1. The Labute approximate surface area is 118 Å². The first-order valence-corrected chi connectivity index (χ1v) is 6.78. The van der Waals surface area contributed by atoms with Crippen LogP contribution in [0, 0.1) is 10.1 Å². The van der Waals surface area contributed by atoms with Gasteiger partial charge in [0.25, 0.3) is 5.69 Å². The largest absolute Gasteiger partial charge is 0.326 e. The Morgan fingerprint density at radius 3 is 2.65 bits per heavy atom. The highest BCUT2D eigenvalue weighted by atomic mass is 16.6. The Balaban J connectivity index is 2.75. The number of nitro benzene ring substituents is 1. The molecule has 0 fully saturated rings. The van der Waals surface area contributed by atoms with Gasteiger partial charge in [-0.3, -0.25) is 14.9 Å². The number of benzene rings is 1. The third-order valence-corrected chi connectivity index (χ3v) is 2.99. The van der Waals surface area contributed by atoms with E-state index >= 15 is 0 Å². The lowest BCUT2D eigenvalue weighted by molar-refractivity contribution is -0.385. The molecule has 1 atom stereocenters. The van der Waals surface area contributed by atoms with Crippen LogP contribution in [0.25, 0.3) is 0 Å². The molecule has 0 aliphatic heterocycles. The Morgan fingerprint density at radius 1 is 1.40 bits per heavy atom. The highest BCUT2D eigenvalue weighted by molar-refractivity contribution is 5.91. The van der Waals surface area contributed by atoms with Crippen molar-refractivity contribution in [2.75, 3.05) is 11.9 Å². The molecule has 2 N–H and O–H groups in total. The maximum Gasteiger partial charge on any atom is 0.274 e. The van der Waals surface area contributed by atoms with E-state index in [4.69, 9.17) is 0 Å². The van der Waals surface area contributed by atoms with Crippen LogP contribution in [0.5, 0.6) is 0 Å². The standard InChI is InChI=1S/C14H21N3O3/c1-4-11-6-7-12(9-13(11)17(19)20)16-14(18)8-10(3)15-5-2/h6-7,9-10,15H,4-5,8H2,1-3H3,(H,16,18). The lowest BCUT2D eigenvalue weighted by Crippen LogP contribution is -2.30. The Morgan fingerprint density at radius 2 is 2.10 bits per heavy atom. The molecule has 1 amide bonds. The zero-order chi connectivity index (χ0) is 15.1. The Kier molecular flexibility index (Phi) is 6.11. The zero-order valence-electron chi connectivity index (χ0n) is 12.1. The van der Waals surface area contributed by atoms with Gasteiger partial charge in [-0.15, -0.1) is 0 Å². The van der Waals surface area contributed by atoms with Gasteiger partial charge in [0.15, 0.2) is 0 Å². The minimum absolute atomic E-state index is 0.0463. The van der Waals surface area contributed by atoms with Gasteiger partial charge >= 0.3 is 0 Å². The minimum Gasteiger partial charge on any atom is -0.326 e. The molecule has 0 aliphatic rings. The molecule has 110 valence electrons. The van der Waals surface area contributed by atoms with Gasteiger partial charge in [0, 0.05) is 29.8 Å². The van der Waals surface area contributed by atoms with Crippen molar-refractivity contribution in [2.24, 2.45) is 0 Å². The third-order valence-electron chi connectivity index (χ3n) is 2.99. The first kappa shape index (κ1) is 16.1. The normalized spacial score (nSPS) is 11.9. The molecule has 1 aromatic rings. The van der Waals surface area contributed by atoms with E-state index in [9.17, 15) is 14.9 Å². The van der Waals surface area contributed by atoms with E-state index < -0.39 is 4.92 Å². The van der Waals surface area contributed by atoms with Crippen LogP contribution < -0.4 is 10.6 Å². The maximum absolute atomic E-state index is 11.8. The van der Waals surface area contributed by atoms with E-state index in [-0.39, 0.29) is 17.6 Å². The fourth-order valence-corrected chi connectivity index (χ4v) is 2.02. The summed E-state index contributed by atoms with van der Waals surface area (Å²) in [6.45, 7) is 6.55. The average molecular weight is 279 g/mol. The highest BCUT2D eigenvalue weighted by Gasteiger charge is 2.14. The number of nitrogens with one attached hydrogen (secondary N) is 2. The van der Waals surface area contributed by atoms with Crippen LogP contribution in [0.2, 0.25) is 0 Å². The molecule has 0 radical (unpaired) electrons. The van der Waals surface area contributed by atoms with Gasteiger partial charge < -0.3 is 10.6 Å². The molecule has 0 saturated heterocycles. The molecule has 6 heteroatoms. The number of amides is 1. The highest BCUT2D eigenvalue weighted by Crippen LogP contribution is 2.23. The van der Waals surface area contributed by atoms with E-state index in [2.05, 4.69) is 10.6 Å².